The SMILES string of the molecule is CCOc1ccc(C(CN)N2CCCC3CCCC32)cc1. The Labute approximate surface area is 128 Å². The van der Waals surface area contributed by atoms with Crippen LogP contribution < -0.4 is 10.5 Å². The monoisotopic (exact) mass is 288 g/mol. The Balaban J connectivity index is 1.77. The highest BCUT2D eigenvalue weighted by molar-refractivity contribution is 5.29. The maximum Gasteiger partial charge on any atom is 0.119 e. The van der Waals surface area contributed by atoms with Gasteiger partial charge in [-0.2, -0.15) is 0 Å². The Morgan fingerprint density at radius 1 is 1.19 bits per heavy atom. The Kier molecular flexibility index (Phi) is 4.81. The highest BCUT2D eigenvalue weighted by Gasteiger charge is 2.38. The molecule has 2 fully saturated rings. The first kappa shape index (κ1) is 14.9. The van der Waals surface area contributed by atoms with E-state index in [9.17, 15) is 0 Å². The molecular weight excluding hydrogens is 260 g/mol. The van der Waals surface area contributed by atoms with Crippen LogP contribution in [-0.4, -0.2) is 30.6 Å². The van der Waals surface area contributed by atoms with Gasteiger partial charge in [-0.3, -0.25) is 4.90 Å². The van der Waals surface area contributed by atoms with Gasteiger partial charge in [0.2, 0.25) is 0 Å². The van der Waals surface area contributed by atoms with Crippen LogP contribution >= 0.6 is 0 Å². The van der Waals surface area contributed by atoms with Crippen LogP contribution in [0.5, 0.6) is 5.75 Å². The second-order valence-corrected chi connectivity index (χ2v) is 6.39. The van der Waals surface area contributed by atoms with Crippen LogP contribution in [0.4, 0.5) is 0 Å². The first-order chi connectivity index (χ1) is 10.3. The molecule has 21 heavy (non-hydrogen) atoms. The number of benzene rings is 1. The molecule has 0 aromatic heterocycles. The zero-order valence-corrected chi connectivity index (χ0v) is 13.1. The van der Waals surface area contributed by atoms with Gasteiger partial charge in [-0.15, -0.1) is 0 Å². The van der Waals surface area contributed by atoms with Crippen molar-refractivity contribution in [1.82, 2.24) is 4.90 Å². The molecule has 2 N–H and O–H groups in total. The lowest BCUT2D eigenvalue weighted by atomic mass is 9.89. The predicted molar refractivity (Wildman–Crippen MR) is 86.5 cm³/mol. The number of hydrogen-bond donors (Lipinski definition) is 1. The molecule has 1 aliphatic heterocycles. The minimum atomic E-state index is 0.367. The van der Waals surface area contributed by atoms with Crippen LogP contribution in [0.1, 0.15) is 50.6 Å². The van der Waals surface area contributed by atoms with E-state index in [4.69, 9.17) is 10.5 Å². The highest BCUT2D eigenvalue weighted by Crippen LogP contribution is 2.40. The van der Waals surface area contributed by atoms with Crippen molar-refractivity contribution in [1.29, 1.82) is 0 Å². The fraction of sp³-hybridized carbons (Fsp3) is 0.667. The fourth-order valence-corrected chi connectivity index (χ4v) is 4.30. The Bertz CT molecular complexity index is 445. The number of hydrogen-bond acceptors (Lipinski definition) is 3. The molecule has 116 valence electrons. The number of ether oxygens (including phenoxy) is 1. The lowest BCUT2D eigenvalue weighted by molar-refractivity contribution is 0.0701. The minimum Gasteiger partial charge on any atom is -0.494 e. The van der Waals surface area contributed by atoms with Crippen molar-refractivity contribution in [3.8, 4) is 5.75 Å². The zero-order valence-electron chi connectivity index (χ0n) is 13.1. The van der Waals surface area contributed by atoms with Gasteiger partial charge in [0.25, 0.3) is 0 Å². The molecule has 1 heterocycles. The second-order valence-electron chi connectivity index (χ2n) is 6.39. The average molecular weight is 288 g/mol. The first-order valence-electron chi connectivity index (χ1n) is 8.52. The molecule has 1 aromatic carbocycles. The van der Waals surface area contributed by atoms with Crippen molar-refractivity contribution >= 4 is 0 Å². The molecule has 0 amide bonds. The standard InChI is InChI=1S/C18H28N2O/c1-2-21-16-10-8-15(9-11-16)18(13-19)20-12-4-6-14-5-3-7-17(14)20/h8-11,14,17-18H,2-7,12-13,19H2,1H3. The van der Waals surface area contributed by atoms with Crippen LogP contribution in [0.2, 0.25) is 0 Å². The Hall–Kier alpha value is -1.06. The Morgan fingerprint density at radius 2 is 1.95 bits per heavy atom. The van der Waals surface area contributed by atoms with Crippen LogP contribution in [-0.2, 0) is 0 Å². The lowest BCUT2D eigenvalue weighted by Crippen LogP contribution is -2.46. The molecule has 1 saturated carbocycles. The number of piperidine rings is 1. The maximum atomic E-state index is 6.14. The molecule has 1 aromatic rings. The van der Waals surface area contributed by atoms with E-state index in [1.165, 1.54) is 44.2 Å². The molecular formula is C18H28N2O. The maximum absolute atomic E-state index is 6.14. The summed E-state index contributed by atoms with van der Waals surface area (Å²) in [5.41, 5.74) is 7.48. The van der Waals surface area contributed by atoms with Crippen molar-refractivity contribution in [2.45, 2.75) is 51.1 Å². The van der Waals surface area contributed by atoms with Gasteiger partial charge in [0.1, 0.15) is 5.75 Å². The first-order valence-corrected chi connectivity index (χ1v) is 8.52. The molecule has 3 nitrogen and oxygen atoms in total. The largest absolute Gasteiger partial charge is 0.494 e. The van der Waals surface area contributed by atoms with E-state index in [2.05, 4.69) is 29.2 Å². The Morgan fingerprint density at radius 3 is 2.67 bits per heavy atom. The van der Waals surface area contributed by atoms with E-state index in [1.807, 2.05) is 6.92 Å². The molecule has 0 bridgehead atoms. The summed E-state index contributed by atoms with van der Waals surface area (Å²) in [7, 11) is 0. The number of rotatable bonds is 5. The summed E-state index contributed by atoms with van der Waals surface area (Å²) in [4.78, 5) is 2.69. The van der Waals surface area contributed by atoms with Crippen molar-refractivity contribution in [2.75, 3.05) is 19.7 Å². The second kappa shape index (κ2) is 6.80. The fourth-order valence-electron chi connectivity index (χ4n) is 4.30. The molecule has 3 heteroatoms. The topological polar surface area (TPSA) is 38.5 Å². The van der Waals surface area contributed by atoms with E-state index < -0.39 is 0 Å². The zero-order chi connectivity index (χ0) is 14.7. The molecule has 2 aliphatic rings. The minimum absolute atomic E-state index is 0.367. The van der Waals surface area contributed by atoms with Crippen LogP contribution in [0.15, 0.2) is 24.3 Å². The summed E-state index contributed by atoms with van der Waals surface area (Å²) in [5, 5.41) is 0. The molecule has 1 saturated heterocycles. The van der Waals surface area contributed by atoms with Gasteiger partial charge in [-0.05, 0) is 62.8 Å². The number of fused-ring (bicyclic) bond motifs is 1. The van der Waals surface area contributed by atoms with E-state index in [1.54, 1.807) is 0 Å². The summed E-state index contributed by atoms with van der Waals surface area (Å²) < 4.78 is 5.54. The number of nitrogens with two attached hydrogens (primary N) is 1. The molecule has 1 aliphatic carbocycles. The van der Waals surface area contributed by atoms with Crippen molar-refractivity contribution in [3.63, 3.8) is 0 Å². The van der Waals surface area contributed by atoms with Crippen LogP contribution in [0.3, 0.4) is 0 Å². The lowest BCUT2D eigenvalue weighted by Gasteiger charge is -2.42. The third-order valence-electron chi connectivity index (χ3n) is 5.24. The van der Waals surface area contributed by atoms with Crippen molar-refractivity contribution in [2.24, 2.45) is 11.7 Å². The van der Waals surface area contributed by atoms with Gasteiger partial charge >= 0.3 is 0 Å². The number of likely N-dealkylation sites (tertiary alicyclic amines) is 1. The highest BCUT2D eigenvalue weighted by atomic mass is 16.5. The predicted octanol–water partition coefficient (Wildman–Crippen LogP) is 3.35. The summed E-state index contributed by atoms with van der Waals surface area (Å²) in [5.74, 6) is 1.87. The smallest absolute Gasteiger partial charge is 0.119 e. The van der Waals surface area contributed by atoms with E-state index >= 15 is 0 Å². The summed E-state index contributed by atoms with van der Waals surface area (Å²) in [6.45, 7) is 4.65. The summed E-state index contributed by atoms with van der Waals surface area (Å²) in [6, 6.07) is 9.68. The number of nitrogens with zero attached hydrogens (tertiary/aromatic N) is 1. The summed E-state index contributed by atoms with van der Waals surface area (Å²) in [6.07, 6.45) is 6.92. The van der Waals surface area contributed by atoms with Crippen LogP contribution in [0.25, 0.3) is 0 Å². The van der Waals surface area contributed by atoms with Gasteiger partial charge < -0.3 is 10.5 Å². The van der Waals surface area contributed by atoms with Crippen molar-refractivity contribution in [3.05, 3.63) is 29.8 Å². The van der Waals surface area contributed by atoms with Gasteiger partial charge in [-0.1, -0.05) is 18.6 Å². The molecule has 3 unspecified atom stereocenters. The van der Waals surface area contributed by atoms with E-state index in [-0.39, 0.29) is 0 Å². The van der Waals surface area contributed by atoms with E-state index in [0.29, 0.717) is 12.6 Å². The van der Waals surface area contributed by atoms with Crippen LogP contribution in [0, 0.1) is 5.92 Å². The van der Waals surface area contributed by atoms with Gasteiger partial charge in [0, 0.05) is 18.6 Å². The third kappa shape index (κ3) is 3.09. The summed E-state index contributed by atoms with van der Waals surface area (Å²) >= 11 is 0. The average Bonchev–Trinajstić information content (AvgIpc) is 2.99. The third-order valence-corrected chi connectivity index (χ3v) is 5.24. The normalized spacial score (nSPS) is 27.3. The molecule has 3 atom stereocenters. The van der Waals surface area contributed by atoms with Crippen molar-refractivity contribution < 1.29 is 4.74 Å². The van der Waals surface area contributed by atoms with Gasteiger partial charge in [0.05, 0.1) is 6.61 Å². The van der Waals surface area contributed by atoms with Gasteiger partial charge in [-0.25, -0.2) is 0 Å². The quantitative estimate of drug-likeness (QED) is 0.903. The van der Waals surface area contributed by atoms with Gasteiger partial charge in [0.15, 0.2) is 0 Å². The molecule has 3 rings (SSSR count). The molecule has 0 spiro atoms. The van der Waals surface area contributed by atoms with E-state index in [0.717, 1.165) is 24.3 Å². The molecule has 0 radical (unpaired) electrons.